The van der Waals surface area contributed by atoms with Gasteiger partial charge in [-0.1, -0.05) is 12.1 Å². The number of carbonyl (C=O) groups excluding carboxylic acids is 1. The molecule has 0 aliphatic carbocycles. The molecule has 1 aliphatic heterocycles. The molecule has 0 saturated carbocycles. The summed E-state index contributed by atoms with van der Waals surface area (Å²) in [5, 5.41) is 2.99. The average Bonchev–Trinajstić information content (AvgIpc) is 2.52. The second kappa shape index (κ2) is 7.70. The Morgan fingerprint density at radius 2 is 2.09 bits per heavy atom. The van der Waals surface area contributed by atoms with Crippen LogP contribution in [0.2, 0.25) is 0 Å². The van der Waals surface area contributed by atoms with Crippen LogP contribution in [0.1, 0.15) is 25.8 Å². The molecular formula is C17H25FN2O2. The normalized spacial score (nSPS) is 16.5. The minimum atomic E-state index is -0.258. The van der Waals surface area contributed by atoms with Gasteiger partial charge in [0.15, 0.2) is 0 Å². The molecule has 1 fully saturated rings. The van der Waals surface area contributed by atoms with Crippen LogP contribution in [-0.4, -0.2) is 49.2 Å². The number of amides is 1. The van der Waals surface area contributed by atoms with Gasteiger partial charge in [0.25, 0.3) is 0 Å². The monoisotopic (exact) mass is 308 g/mol. The summed E-state index contributed by atoms with van der Waals surface area (Å²) in [4.78, 5) is 14.3. The molecule has 1 aliphatic rings. The van der Waals surface area contributed by atoms with Crippen LogP contribution in [0, 0.1) is 5.82 Å². The largest absolute Gasteiger partial charge is 0.379 e. The van der Waals surface area contributed by atoms with E-state index in [-0.39, 0.29) is 17.3 Å². The lowest BCUT2D eigenvalue weighted by molar-refractivity contribution is -0.121. The SMILES string of the molecule is CC(C)(CNC(=O)CCc1cccc(F)c1)N1CCOCC1. The summed E-state index contributed by atoms with van der Waals surface area (Å²) < 4.78 is 18.4. The molecule has 1 heterocycles. The number of morpholine rings is 1. The molecule has 0 unspecified atom stereocenters. The van der Waals surface area contributed by atoms with Crippen molar-refractivity contribution in [2.24, 2.45) is 0 Å². The quantitative estimate of drug-likeness (QED) is 0.874. The Balaban J connectivity index is 1.74. The first-order valence-corrected chi connectivity index (χ1v) is 7.81. The first-order chi connectivity index (χ1) is 10.5. The topological polar surface area (TPSA) is 41.6 Å². The lowest BCUT2D eigenvalue weighted by atomic mass is 10.0. The van der Waals surface area contributed by atoms with Crippen LogP contribution in [-0.2, 0) is 16.0 Å². The Labute approximate surface area is 131 Å². The van der Waals surface area contributed by atoms with Crippen molar-refractivity contribution in [3.8, 4) is 0 Å². The molecule has 0 atom stereocenters. The van der Waals surface area contributed by atoms with Crippen LogP contribution < -0.4 is 5.32 Å². The van der Waals surface area contributed by atoms with Gasteiger partial charge in [0.05, 0.1) is 13.2 Å². The summed E-state index contributed by atoms with van der Waals surface area (Å²) in [5.74, 6) is -0.253. The number of hydrogen-bond acceptors (Lipinski definition) is 3. The van der Waals surface area contributed by atoms with E-state index in [1.54, 1.807) is 6.07 Å². The van der Waals surface area contributed by atoms with Crippen molar-refractivity contribution in [1.29, 1.82) is 0 Å². The van der Waals surface area contributed by atoms with E-state index in [4.69, 9.17) is 4.74 Å². The van der Waals surface area contributed by atoms with Gasteiger partial charge in [-0.3, -0.25) is 9.69 Å². The second-order valence-electron chi connectivity index (χ2n) is 6.32. The molecule has 1 N–H and O–H groups in total. The van der Waals surface area contributed by atoms with Crippen LogP contribution in [0.4, 0.5) is 4.39 Å². The van der Waals surface area contributed by atoms with Crippen LogP contribution in [0.15, 0.2) is 24.3 Å². The van der Waals surface area contributed by atoms with Gasteiger partial charge in [0, 0.05) is 31.6 Å². The number of benzene rings is 1. The molecule has 0 radical (unpaired) electrons. The highest BCUT2D eigenvalue weighted by Gasteiger charge is 2.28. The Hall–Kier alpha value is -1.46. The highest BCUT2D eigenvalue weighted by molar-refractivity contribution is 5.76. The lowest BCUT2D eigenvalue weighted by Crippen LogP contribution is -2.55. The van der Waals surface area contributed by atoms with Crippen molar-refractivity contribution >= 4 is 5.91 Å². The number of halogens is 1. The highest BCUT2D eigenvalue weighted by atomic mass is 19.1. The molecule has 0 aromatic heterocycles. The van der Waals surface area contributed by atoms with E-state index in [9.17, 15) is 9.18 Å². The Kier molecular flexibility index (Phi) is 5.91. The Bertz CT molecular complexity index is 499. The Morgan fingerprint density at radius 1 is 1.36 bits per heavy atom. The van der Waals surface area contributed by atoms with Gasteiger partial charge in [0.2, 0.25) is 5.91 Å². The molecule has 1 saturated heterocycles. The predicted octanol–water partition coefficient (Wildman–Crippen LogP) is 1.99. The van der Waals surface area contributed by atoms with Crippen molar-refractivity contribution in [3.63, 3.8) is 0 Å². The zero-order chi connectivity index (χ0) is 16.0. The van der Waals surface area contributed by atoms with Crippen LogP contribution >= 0.6 is 0 Å². The smallest absolute Gasteiger partial charge is 0.220 e. The molecule has 0 spiro atoms. The van der Waals surface area contributed by atoms with Crippen molar-refractivity contribution in [2.45, 2.75) is 32.2 Å². The molecule has 22 heavy (non-hydrogen) atoms. The minimum absolute atomic E-state index is 0.00518. The first kappa shape index (κ1) is 16.9. The number of carbonyl (C=O) groups is 1. The molecule has 4 nitrogen and oxygen atoms in total. The first-order valence-electron chi connectivity index (χ1n) is 7.81. The lowest BCUT2D eigenvalue weighted by Gasteiger charge is -2.40. The minimum Gasteiger partial charge on any atom is -0.379 e. The third-order valence-electron chi connectivity index (χ3n) is 4.12. The van der Waals surface area contributed by atoms with E-state index < -0.39 is 0 Å². The molecule has 1 aromatic carbocycles. The maximum absolute atomic E-state index is 13.1. The third-order valence-corrected chi connectivity index (χ3v) is 4.12. The van der Waals surface area contributed by atoms with Crippen molar-refractivity contribution in [2.75, 3.05) is 32.8 Å². The number of ether oxygens (including phenoxy) is 1. The van der Waals surface area contributed by atoms with Gasteiger partial charge in [-0.15, -0.1) is 0 Å². The molecular weight excluding hydrogens is 283 g/mol. The van der Waals surface area contributed by atoms with E-state index in [0.29, 0.717) is 19.4 Å². The van der Waals surface area contributed by atoms with Gasteiger partial charge < -0.3 is 10.1 Å². The summed E-state index contributed by atoms with van der Waals surface area (Å²) in [6.45, 7) is 8.15. The Morgan fingerprint density at radius 3 is 2.77 bits per heavy atom. The summed E-state index contributed by atoms with van der Waals surface area (Å²) >= 11 is 0. The van der Waals surface area contributed by atoms with Gasteiger partial charge in [-0.2, -0.15) is 0 Å². The number of nitrogens with one attached hydrogen (secondary N) is 1. The van der Waals surface area contributed by atoms with Crippen LogP contribution in [0.5, 0.6) is 0 Å². The summed E-state index contributed by atoms with van der Waals surface area (Å²) in [6.07, 6.45) is 0.935. The molecule has 122 valence electrons. The summed E-state index contributed by atoms with van der Waals surface area (Å²) in [5.41, 5.74) is 0.765. The molecule has 0 bridgehead atoms. The van der Waals surface area contributed by atoms with Gasteiger partial charge in [-0.05, 0) is 38.0 Å². The number of rotatable bonds is 6. The van der Waals surface area contributed by atoms with E-state index in [1.165, 1.54) is 12.1 Å². The highest BCUT2D eigenvalue weighted by Crippen LogP contribution is 2.15. The summed E-state index contributed by atoms with van der Waals surface area (Å²) in [7, 11) is 0. The predicted molar refractivity (Wildman–Crippen MR) is 84.2 cm³/mol. The van der Waals surface area contributed by atoms with E-state index in [0.717, 1.165) is 31.9 Å². The van der Waals surface area contributed by atoms with Gasteiger partial charge >= 0.3 is 0 Å². The number of hydrogen-bond donors (Lipinski definition) is 1. The van der Waals surface area contributed by atoms with Crippen molar-refractivity contribution in [1.82, 2.24) is 10.2 Å². The van der Waals surface area contributed by atoms with Gasteiger partial charge in [-0.25, -0.2) is 4.39 Å². The molecule has 2 rings (SSSR count). The molecule has 1 amide bonds. The van der Waals surface area contributed by atoms with Crippen molar-refractivity contribution in [3.05, 3.63) is 35.6 Å². The fourth-order valence-electron chi connectivity index (χ4n) is 2.63. The number of nitrogens with zero attached hydrogens (tertiary/aromatic N) is 1. The van der Waals surface area contributed by atoms with Crippen LogP contribution in [0.25, 0.3) is 0 Å². The van der Waals surface area contributed by atoms with Gasteiger partial charge in [0.1, 0.15) is 5.82 Å². The van der Waals surface area contributed by atoms with Crippen LogP contribution in [0.3, 0.4) is 0 Å². The molecule has 1 aromatic rings. The standard InChI is InChI=1S/C17H25FN2O2/c1-17(2,20-8-10-22-11-9-20)13-19-16(21)7-6-14-4-3-5-15(18)12-14/h3-5,12H,6-11,13H2,1-2H3,(H,19,21). The fourth-order valence-corrected chi connectivity index (χ4v) is 2.63. The molecule has 5 heteroatoms. The fraction of sp³-hybridized carbons (Fsp3) is 0.588. The maximum atomic E-state index is 13.1. The van der Waals surface area contributed by atoms with E-state index in [2.05, 4.69) is 24.1 Å². The summed E-state index contributed by atoms with van der Waals surface area (Å²) in [6, 6.07) is 6.40. The zero-order valence-corrected chi connectivity index (χ0v) is 13.4. The third kappa shape index (κ3) is 5.07. The van der Waals surface area contributed by atoms with Crippen molar-refractivity contribution < 1.29 is 13.9 Å². The zero-order valence-electron chi connectivity index (χ0n) is 13.4. The van der Waals surface area contributed by atoms with E-state index in [1.807, 2.05) is 6.07 Å². The van der Waals surface area contributed by atoms with E-state index >= 15 is 0 Å². The average molecular weight is 308 g/mol. The second-order valence-corrected chi connectivity index (χ2v) is 6.32. The maximum Gasteiger partial charge on any atom is 0.220 e. The number of aryl methyl sites for hydroxylation is 1.